The standard InChI is InChI=1S/C17H18N2O4/c1-10-12-8-14(17(20)18-9-15(21-2)22-3)23-16(12)11-6-4-5-7-13(11)19-10/h4-8,15H,9H2,1-3H3,(H,18,20). The van der Waals surface area contributed by atoms with E-state index in [1.165, 1.54) is 14.2 Å². The zero-order valence-electron chi connectivity index (χ0n) is 13.3. The van der Waals surface area contributed by atoms with Gasteiger partial charge in [0.1, 0.15) is 5.58 Å². The molecule has 0 aliphatic rings. The van der Waals surface area contributed by atoms with Crippen LogP contribution in [0, 0.1) is 6.92 Å². The maximum Gasteiger partial charge on any atom is 0.287 e. The van der Waals surface area contributed by atoms with Crippen molar-refractivity contribution in [3.8, 4) is 0 Å². The molecule has 6 heteroatoms. The van der Waals surface area contributed by atoms with Crippen LogP contribution in [-0.4, -0.2) is 37.9 Å². The molecule has 3 aromatic rings. The molecule has 120 valence electrons. The minimum Gasteiger partial charge on any atom is -0.450 e. The number of furan rings is 1. The van der Waals surface area contributed by atoms with Gasteiger partial charge in [-0.2, -0.15) is 0 Å². The van der Waals surface area contributed by atoms with E-state index in [0.717, 1.165) is 22.0 Å². The predicted molar refractivity (Wildman–Crippen MR) is 86.4 cm³/mol. The van der Waals surface area contributed by atoms with Crippen molar-refractivity contribution >= 4 is 27.8 Å². The summed E-state index contributed by atoms with van der Waals surface area (Å²) in [5, 5.41) is 4.45. The van der Waals surface area contributed by atoms with Crippen molar-refractivity contribution in [2.75, 3.05) is 20.8 Å². The Morgan fingerprint density at radius 3 is 2.74 bits per heavy atom. The number of aromatic nitrogens is 1. The molecule has 3 rings (SSSR count). The van der Waals surface area contributed by atoms with Crippen LogP contribution in [0.4, 0.5) is 0 Å². The smallest absolute Gasteiger partial charge is 0.287 e. The van der Waals surface area contributed by atoms with E-state index in [4.69, 9.17) is 13.9 Å². The number of benzene rings is 1. The predicted octanol–water partition coefficient (Wildman–Crippen LogP) is 2.64. The molecule has 1 aromatic carbocycles. The summed E-state index contributed by atoms with van der Waals surface area (Å²) in [5.41, 5.74) is 2.35. The zero-order chi connectivity index (χ0) is 16.4. The third kappa shape index (κ3) is 2.91. The van der Waals surface area contributed by atoms with E-state index in [1.54, 1.807) is 6.07 Å². The highest BCUT2D eigenvalue weighted by Gasteiger charge is 2.17. The largest absolute Gasteiger partial charge is 0.450 e. The van der Waals surface area contributed by atoms with Crippen molar-refractivity contribution < 1.29 is 18.7 Å². The Balaban J connectivity index is 1.95. The SMILES string of the molecule is COC(CNC(=O)c1cc2c(C)nc3ccccc3c2o1)OC. The van der Waals surface area contributed by atoms with Crippen LogP contribution in [0.5, 0.6) is 0 Å². The second-order valence-corrected chi connectivity index (χ2v) is 5.18. The Morgan fingerprint density at radius 1 is 1.26 bits per heavy atom. The van der Waals surface area contributed by atoms with Gasteiger partial charge in [-0.15, -0.1) is 0 Å². The van der Waals surface area contributed by atoms with Crippen molar-refractivity contribution in [2.45, 2.75) is 13.2 Å². The molecule has 0 aliphatic heterocycles. The number of carbonyl (C=O) groups excluding carboxylic acids is 1. The number of pyridine rings is 1. The van der Waals surface area contributed by atoms with Gasteiger partial charge in [0, 0.05) is 30.7 Å². The van der Waals surface area contributed by atoms with Crippen LogP contribution < -0.4 is 5.32 Å². The number of rotatable bonds is 5. The fourth-order valence-electron chi connectivity index (χ4n) is 2.50. The molecule has 0 aliphatic carbocycles. The van der Waals surface area contributed by atoms with Crippen molar-refractivity contribution in [3.05, 3.63) is 41.8 Å². The van der Waals surface area contributed by atoms with Gasteiger partial charge < -0.3 is 19.2 Å². The third-order valence-corrected chi connectivity index (χ3v) is 3.74. The van der Waals surface area contributed by atoms with Gasteiger partial charge in [0.05, 0.1) is 12.1 Å². The molecule has 0 saturated carbocycles. The molecular weight excluding hydrogens is 296 g/mol. The van der Waals surface area contributed by atoms with Crippen molar-refractivity contribution in [3.63, 3.8) is 0 Å². The molecule has 2 heterocycles. The fraction of sp³-hybridized carbons (Fsp3) is 0.294. The van der Waals surface area contributed by atoms with Crippen molar-refractivity contribution in [2.24, 2.45) is 0 Å². The molecule has 0 unspecified atom stereocenters. The van der Waals surface area contributed by atoms with Crippen LogP contribution in [0.25, 0.3) is 21.9 Å². The molecule has 0 radical (unpaired) electrons. The van der Waals surface area contributed by atoms with E-state index < -0.39 is 6.29 Å². The van der Waals surface area contributed by atoms with E-state index in [0.29, 0.717) is 5.58 Å². The van der Waals surface area contributed by atoms with E-state index in [-0.39, 0.29) is 18.2 Å². The fourth-order valence-corrected chi connectivity index (χ4v) is 2.50. The summed E-state index contributed by atoms with van der Waals surface area (Å²) in [4.78, 5) is 16.8. The lowest BCUT2D eigenvalue weighted by molar-refractivity contribution is -0.0975. The van der Waals surface area contributed by atoms with Gasteiger partial charge in [0.2, 0.25) is 0 Å². The quantitative estimate of drug-likeness (QED) is 0.733. The number of amides is 1. The molecule has 0 saturated heterocycles. The van der Waals surface area contributed by atoms with Gasteiger partial charge >= 0.3 is 0 Å². The third-order valence-electron chi connectivity index (χ3n) is 3.74. The molecule has 1 amide bonds. The Morgan fingerprint density at radius 2 is 2.00 bits per heavy atom. The molecule has 0 fully saturated rings. The van der Waals surface area contributed by atoms with Gasteiger partial charge in [-0.1, -0.05) is 12.1 Å². The summed E-state index contributed by atoms with van der Waals surface area (Å²) in [7, 11) is 3.03. The number of carbonyl (C=O) groups is 1. The first-order valence-electron chi connectivity index (χ1n) is 7.26. The Labute approximate surface area is 133 Å². The minimum absolute atomic E-state index is 0.237. The van der Waals surface area contributed by atoms with Gasteiger partial charge in [-0.3, -0.25) is 9.78 Å². The van der Waals surface area contributed by atoms with Gasteiger partial charge in [0.25, 0.3) is 5.91 Å². The highest BCUT2D eigenvalue weighted by atomic mass is 16.7. The summed E-state index contributed by atoms with van der Waals surface area (Å²) in [5.74, 6) is -0.0732. The van der Waals surface area contributed by atoms with Crippen molar-refractivity contribution in [1.82, 2.24) is 10.3 Å². The van der Waals surface area contributed by atoms with Gasteiger partial charge in [0.15, 0.2) is 12.1 Å². The van der Waals surface area contributed by atoms with E-state index in [2.05, 4.69) is 10.3 Å². The van der Waals surface area contributed by atoms with E-state index in [1.807, 2.05) is 31.2 Å². The maximum absolute atomic E-state index is 12.3. The molecular formula is C17H18N2O4. The highest BCUT2D eigenvalue weighted by molar-refractivity contribution is 6.06. The molecule has 2 aromatic heterocycles. The number of nitrogens with zero attached hydrogens (tertiary/aromatic N) is 1. The topological polar surface area (TPSA) is 73.6 Å². The monoisotopic (exact) mass is 314 g/mol. The molecule has 23 heavy (non-hydrogen) atoms. The highest BCUT2D eigenvalue weighted by Crippen LogP contribution is 2.29. The Kier molecular flexibility index (Phi) is 4.27. The molecule has 0 spiro atoms. The first kappa shape index (κ1) is 15.5. The summed E-state index contributed by atoms with van der Waals surface area (Å²) in [6, 6.07) is 9.41. The lowest BCUT2D eigenvalue weighted by atomic mass is 10.1. The van der Waals surface area contributed by atoms with Crippen LogP contribution in [0.3, 0.4) is 0 Å². The summed E-state index contributed by atoms with van der Waals surface area (Å²) in [6.45, 7) is 2.14. The first-order valence-corrected chi connectivity index (χ1v) is 7.26. The lowest BCUT2D eigenvalue weighted by Gasteiger charge is -2.13. The molecule has 6 nitrogen and oxygen atoms in total. The summed E-state index contributed by atoms with van der Waals surface area (Å²) < 4.78 is 15.9. The molecule has 0 atom stereocenters. The Bertz CT molecular complexity index is 852. The lowest BCUT2D eigenvalue weighted by Crippen LogP contribution is -2.33. The number of fused-ring (bicyclic) bond motifs is 3. The van der Waals surface area contributed by atoms with Crippen LogP contribution in [-0.2, 0) is 9.47 Å². The van der Waals surface area contributed by atoms with Crippen LogP contribution >= 0.6 is 0 Å². The number of para-hydroxylation sites is 1. The van der Waals surface area contributed by atoms with Crippen LogP contribution in [0.1, 0.15) is 16.2 Å². The number of ether oxygens (including phenoxy) is 2. The normalized spacial score (nSPS) is 11.5. The Hall–Kier alpha value is -2.44. The number of aryl methyl sites for hydroxylation is 1. The minimum atomic E-state index is -0.493. The van der Waals surface area contributed by atoms with E-state index >= 15 is 0 Å². The zero-order valence-corrected chi connectivity index (χ0v) is 13.3. The first-order chi connectivity index (χ1) is 11.1. The van der Waals surface area contributed by atoms with E-state index in [9.17, 15) is 4.79 Å². The number of methoxy groups -OCH3 is 2. The molecule has 0 bridgehead atoms. The second-order valence-electron chi connectivity index (χ2n) is 5.18. The van der Waals surface area contributed by atoms with Crippen LogP contribution in [0.2, 0.25) is 0 Å². The second kappa shape index (κ2) is 6.36. The molecule has 1 N–H and O–H groups in total. The number of hydrogen-bond acceptors (Lipinski definition) is 5. The average Bonchev–Trinajstić information content (AvgIpc) is 3.02. The summed E-state index contributed by atoms with van der Waals surface area (Å²) >= 11 is 0. The number of hydrogen-bond donors (Lipinski definition) is 1. The van der Waals surface area contributed by atoms with Crippen LogP contribution in [0.15, 0.2) is 34.7 Å². The number of nitrogens with one attached hydrogen (secondary N) is 1. The van der Waals surface area contributed by atoms with Gasteiger partial charge in [-0.05, 0) is 25.1 Å². The maximum atomic E-state index is 12.3. The van der Waals surface area contributed by atoms with Crippen molar-refractivity contribution in [1.29, 1.82) is 0 Å². The average molecular weight is 314 g/mol. The summed E-state index contributed by atoms with van der Waals surface area (Å²) in [6.07, 6.45) is -0.493. The van der Waals surface area contributed by atoms with Gasteiger partial charge in [-0.25, -0.2) is 0 Å².